The molecule has 0 spiro atoms. The third-order valence-electron chi connectivity index (χ3n) is 2.85. The average molecular weight is 246 g/mol. The summed E-state index contributed by atoms with van der Waals surface area (Å²) in [6, 6.07) is 8.17. The van der Waals surface area contributed by atoms with Crippen molar-refractivity contribution in [2.45, 2.75) is 12.5 Å². The molecular formula is C13H14N2OS. The zero-order valence-electron chi connectivity index (χ0n) is 9.43. The van der Waals surface area contributed by atoms with Gasteiger partial charge in [-0.15, -0.1) is 11.3 Å². The average Bonchev–Trinajstić information content (AvgIpc) is 3.01. The van der Waals surface area contributed by atoms with Crippen LogP contribution in [0.5, 0.6) is 5.88 Å². The zero-order valence-corrected chi connectivity index (χ0v) is 10.2. The van der Waals surface area contributed by atoms with Crippen LogP contribution in [0.4, 0.5) is 0 Å². The van der Waals surface area contributed by atoms with Gasteiger partial charge in [0.15, 0.2) is 0 Å². The third kappa shape index (κ3) is 2.33. The van der Waals surface area contributed by atoms with E-state index in [0.29, 0.717) is 0 Å². The Morgan fingerprint density at radius 2 is 2.35 bits per heavy atom. The molecule has 3 nitrogen and oxygen atoms in total. The van der Waals surface area contributed by atoms with E-state index in [1.807, 2.05) is 12.1 Å². The lowest BCUT2D eigenvalue weighted by atomic mass is 10.2. The summed E-state index contributed by atoms with van der Waals surface area (Å²) in [5.41, 5.74) is 1.09. The van der Waals surface area contributed by atoms with Crippen LogP contribution in [-0.2, 0) is 0 Å². The van der Waals surface area contributed by atoms with Crippen LogP contribution in [-0.4, -0.2) is 24.2 Å². The second-order valence-corrected chi connectivity index (χ2v) is 5.01. The van der Waals surface area contributed by atoms with Crippen molar-refractivity contribution in [1.29, 1.82) is 0 Å². The molecule has 3 rings (SSSR count). The maximum absolute atomic E-state index is 5.96. The predicted octanol–water partition coefficient (Wildman–Crippen LogP) is 2.55. The van der Waals surface area contributed by atoms with Crippen molar-refractivity contribution in [2.24, 2.45) is 0 Å². The molecule has 0 aliphatic carbocycles. The summed E-state index contributed by atoms with van der Waals surface area (Å²) in [7, 11) is 0. The highest BCUT2D eigenvalue weighted by Gasteiger charge is 2.18. The van der Waals surface area contributed by atoms with Gasteiger partial charge in [0.2, 0.25) is 5.88 Å². The minimum absolute atomic E-state index is 0.253. The molecule has 0 aromatic carbocycles. The van der Waals surface area contributed by atoms with E-state index >= 15 is 0 Å². The molecule has 0 radical (unpaired) electrons. The first-order valence-corrected chi connectivity index (χ1v) is 6.68. The Labute approximate surface area is 104 Å². The molecule has 2 aromatic heterocycles. The molecule has 4 heteroatoms. The zero-order chi connectivity index (χ0) is 11.5. The van der Waals surface area contributed by atoms with E-state index in [1.54, 1.807) is 17.5 Å². The fourth-order valence-corrected chi connectivity index (χ4v) is 2.73. The van der Waals surface area contributed by atoms with Crippen molar-refractivity contribution in [3.8, 4) is 16.3 Å². The summed E-state index contributed by atoms with van der Waals surface area (Å²) in [5, 5.41) is 5.37. The molecule has 1 N–H and O–H groups in total. The van der Waals surface area contributed by atoms with Gasteiger partial charge in [0.05, 0.1) is 5.56 Å². The highest BCUT2D eigenvalue weighted by atomic mass is 32.1. The first-order chi connectivity index (χ1) is 8.43. The number of thiophene rings is 1. The van der Waals surface area contributed by atoms with Gasteiger partial charge in [-0.2, -0.15) is 0 Å². The van der Waals surface area contributed by atoms with Gasteiger partial charge in [0.25, 0.3) is 0 Å². The molecule has 1 fully saturated rings. The van der Waals surface area contributed by atoms with E-state index in [2.05, 4.69) is 27.8 Å². The second kappa shape index (κ2) is 4.85. The largest absolute Gasteiger partial charge is 0.472 e. The summed E-state index contributed by atoms with van der Waals surface area (Å²) in [6.07, 6.45) is 3.10. The number of hydrogen-bond donors (Lipinski definition) is 1. The standard InChI is InChI=1S/C13H14N2OS/c1-3-11(12-4-2-8-17-12)13(15-6-1)16-10-5-7-14-9-10/h1-4,6,8,10,14H,5,7,9H2. The first-order valence-electron chi connectivity index (χ1n) is 5.80. The van der Waals surface area contributed by atoms with Crippen molar-refractivity contribution in [3.63, 3.8) is 0 Å². The quantitative estimate of drug-likeness (QED) is 0.903. The number of nitrogens with one attached hydrogen (secondary N) is 1. The Morgan fingerprint density at radius 1 is 1.35 bits per heavy atom. The minimum atomic E-state index is 0.253. The first kappa shape index (κ1) is 10.7. The molecule has 1 unspecified atom stereocenters. The molecule has 1 saturated heterocycles. The van der Waals surface area contributed by atoms with Crippen molar-refractivity contribution in [2.75, 3.05) is 13.1 Å². The smallest absolute Gasteiger partial charge is 0.222 e. The Hall–Kier alpha value is -1.39. The van der Waals surface area contributed by atoms with Crippen LogP contribution < -0.4 is 10.1 Å². The summed E-state index contributed by atoms with van der Waals surface area (Å²) < 4.78 is 5.96. The number of rotatable bonds is 3. The van der Waals surface area contributed by atoms with E-state index in [9.17, 15) is 0 Å². The Morgan fingerprint density at radius 3 is 3.12 bits per heavy atom. The van der Waals surface area contributed by atoms with Crippen LogP contribution in [0.1, 0.15) is 6.42 Å². The maximum atomic E-state index is 5.96. The van der Waals surface area contributed by atoms with Gasteiger partial charge < -0.3 is 10.1 Å². The topological polar surface area (TPSA) is 34.1 Å². The van der Waals surface area contributed by atoms with Gasteiger partial charge in [-0.3, -0.25) is 0 Å². The Balaban J connectivity index is 1.88. The number of ether oxygens (including phenoxy) is 1. The van der Waals surface area contributed by atoms with E-state index in [4.69, 9.17) is 4.74 Å². The van der Waals surface area contributed by atoms with Gasteiger partial charge in [0, 0.05) is 17.6 Å². The van der Waals surface area contributed by atoms with E-state index in [0.717, 1.165) is 31.0 Å². The van der Waals surface area contributed by atoms with Gasteiger partial charge in [-0.25, -0.2) is 4.98 Å². The van der Waals surface area contributed by atoms with Crippen LogP contribution in [0.2, 0.25) is 0 Å². The Kier molecular flexibility index (Phi) is 3.07. The normalized spacial score (nSPS) is 19.4. The number of aromatic nitrogens is 1. The number of nitrogens with zero attached hydrogens (tertiary/aromatic N) is 1. The molecule has 0 amide bonds. The molecular weight excluding hydrogens is 232 g/mol. The van der Waals surface area contributed by atoms with Gasteiger partial charge in [-0.1, -0.05) is 6.07 Å². The minimum Gasteiger partial charge on any atom is -0.472 e. The molecule has 1 aliphatic rings. The lowest BCUT2D eigenvalue weighted by Gasteiger charge is -2.13. The van der Waals surface area contributed by atoms with Crippen molar-refractivity contribution < 1.29 is 4.74 Å². The van der Waals surface area contributed by atoms with Crippen LogP contribution in [0.3, 0.4) is 0 Å². The fourth-order valence-electron chi connectivity index (χ4n) is 1.99. The van der Waals surface area contributed by atoms with Gasteiger partial charge in [0.1, 0.15) is 6.10 Å². The monoisotopic (exact) mass is 246 g/mol. The highest BCUT2D eigenvalue weighted by molar-refractivity contribution is 7.13. The summed E-state index contributed by atoms with van der Waals surface area (Å²) in [6.45, 7) is 1.95. The predicted molar refractivity (Wildman–Crippen MR) is 69.5 cm³/mol. The molecule has 1 atom stereocenters. The van der Waals surface area contributed by atoms with Gasteiger partial charge in [-0.05, 0) is 36.5 Å². The van der Waals surface area contributed by atoms with Gasteiger partial charge >= 0.3 is 0 Å². The molecule has 17 heavy (non-hydrogen) atoms. The highest BCUT2D eigenvalue weighted by Crippen LogP contribution is 2.32. The third-order valence-corrected chi connectivity index (χ3v) is 3.75. The fraction of sp³-hybridized carbons (Fsp3) is 0.308. The van der Waals surface area contributed by atoms with Crippen LogP contribution >= 0.6 is 11.3 Å². The Bertz CT molecular complexity index is 478. The van der Waals surface area contributed by atoms with E-state index in [-0.39, 0.29) is 6.10 Å². The molecule has 2 aromatic rings. The van der Waals surface area contributed by atoms with Crippen molar-refractivity contribution in [1.82, 2.24) is 10.3 Å². The van der Waals surface area contributed by atoms with E-state index in [1.165, 1.54) is 4.88 Å². The van der Waals surface area contributed by atoms with Crippen molar-refractivity contribution >= 4 is 11.3 Å². The molecule has 0 bridgehead atoms. The molecule has 88 valence electrons. The van der Waals surface area contributed by atoms with Crippen molar-refractivity contribution in [3.05, 3.63) is 35.8 Å². The summed E-state index contributed by atoms with van der Waals surface area (Å²) in [5.74, 6) is 0.753. The van der Waals surface area contributed by atoms with E-state index < -0.39 is 0 Å². The molecule has 0 saturated carbocycles. The summed E-state index contributed by atoms with van der Waals surface area (Å²) >= 11 is 1.71. The van der Waals surface area contributed by atoms with Crippen LogP contribution in [0.25, 0.3) is 10.4 Å². The number of hydrogen-bond acceptors (Lipinski definition) is 4. The lowest BCUT2D eigenvalue weighted by Crippen LogP contribution is -2.20. The number of pyridine rings is 1. The SMILES string of the molecule is c1csc(-c2cccnc2OC2CCNC2)c1. The summed E-state index contributed by atoms with van der Waals surface area (Å²) in [4.78, 5) is 5.56. The maximum Gasteiger partial charge on any atom is 0.222 e. The molecule has 1 aliphatic heterocycles. The lowest BCUT2D eigenvalue weighted by molar-refractivity contribution is 0.215. The van der Waals surface area contributed by atoms with Crippen LogP contribution in [0.15, 0.2) is 35.8 Å². The molecule has 3 heterocycles. The second-order valence-electron chi connectivity index (χ2n) is 4.07. The van der Waals surface area contributed by atoms with Crippen LogP contribution in [0, 0.1) is 0 Å².